The number of hydrogen-bond acceptors (Lipinski definition) is 3. The Morgan fingerprint density at radius 1 is 1.33 bits per heavy atom. The normalized spacial score (nSPS) is 25.7. The number of nitrogens with zero attached hydrogens (tertiary/aromatic N) is 1. The minimum absolute atomic E-state index is 0.193. The van der Waals surface area contributed by atoms with E-state index in [0.717, 1.165) is 22.9 Å². The molecule has 2 aliphatic carbocycles. The second-order valence-corrected chi connectivity index (χ2v) is 9.32. The van der Waals surface area contributed by atoms with Crippen molar-refractivity contribution in [3.63, 3.8) is 0 Å². The van der Waals surface area contributed by atoms with Crippen LogP contribution in [0.5, 0.6) is 0 Å². The number of benzene rings is 1. The second kappa shape index (κ2) is 6.56. The van der Waals surface area contributed by atoms with Gasteiger partial charge in [-0.25, -0.2) is 8.42 Å². The quantitative estimate of drug-likeness (QED) is 0.866. The molecule has 0 radical (unpaired) electrons. The molecule has 2 aliphatic rings. The zero-order valence-electron chi connectivity index (χ0n) is 14.0. The molecule has 3 atom stereocenters. The monoisotopic (exact) mass is 370 g/mol. The Morgan fingerprint density at radius 2 is 2.08 bits per heavy atom. The van der Waals surface area contributed by atoms with Gasteiger partial charge in [0.1, 0.15) is 6.54 Å². The molecule has 1 amide bonds. The number of amides is 1. The highest BCUT2D eigenvalue weighted by molar-refractivity contribution is 7.92. The number of hydrogen-bond donors (Lipinski definition) is 1. The van der Waals surface area contributed by atoms with Gasteiger partial charge in [0, 0.05) is 11.1 Å². The zero-order valence-corrected chi connectivity index (χ0v) is 15.5. The fraction of sp³-hybridized carbons (Fsp3) is 0.588. The van der Waals surface area contributed by atoms with Crippen molar-refractivity contribution in [3.05, 3.63) is 28.8 Å². The van der Waals surface area contributed by atoms with E-state index in [0.29, 0.717) is 22.2 Å². The number of halogens is 1. The number of anilines is 1. The van der Waals surface area contributed by atoms with Crippen LogP contribution in [-0.4, -0.2) is 33.2 Å². The van der Waals surface area contributed by atoms with E-state index >= 15 is 0 Å². The third kappa shape index (κ3) is 3.54. The molecule has 0 aromatic heterocycles. The van der Waals surface area contributed by atoms with Crippen molar-refractivity contribution in [1.82, 2.24) is 5.32 Å². The summed E-state index contributed by atoms with van der Waals surface area (Å²) >= 11 is 6.10. The third-order valence-electron chi connectivity index (χ3n) is 5.28. The third-order valence-corrected chi connectivity index (χ3v) is 6.82. The minimum atomic E-state index is -3.58. The second-order valence-electron chi connectivity index (χ2n) is 7.00. The van der Waals surface area contributed by atoms with Crippen LogP contribution in [0, 0.1) is 18.8 Å². The van der Waals surface area contributed by atoms with Crippen LogP contribution in [0.15, 0.2) is 18.2 Å². The molecular weight excluding hydrogens is 348 g/mol. The Kier molecular flexibility index (Phi) is 4.80. The first-order chi connectivity index (χ1) is 11.3. The fourth-order valence-corrected chi connectivity index (χ4v) is 5.13. The maximum absolute atomic E-state index is 12.5. The van der Waals surface area contributed by atoms with Gasteiger partial charge in [-0.05, 0) is 55.7 Å². The van der Waals surface area contributed by atoms with Gasteiger partial charge < -0.3 is 5.32 Å². The molecule has 0 unspecified atom stereocenters. The van der Waals surface area contributed by atoms with Crippen LogP contribution in [0.4, 0.5) is 5.69 Å². The smallest absolute Gasteiger partial charge is 0.241 e. The summed E-state index contributed by atoms with van der Waals surface area (Å²) in [5, 5.41) is 3.52. The van der Waals surface area contributed by atoms with Gasteiger partial charge in [0.05, 0.1) is 11.9 Å². The molecule has 0 spiro atoms. The Balaban J connectivity index is 1.75. The number of fused-ring (bicyclic) bond motifs is 2. The molecule has 0 heterocycles. The molecule has 2 saturated carbocycles. The van der Waals surface area contributed by atoms with E-state index in [-0.39, 0.29) is 18.5 Å². The minimum Gasteiger partial charge on any atom is -0.352 e. The standard InChI is InChI=1S/C17H23ClN2O3S/c1-11-14(18)4-3-5-16(11)20(24(2,22)23)10-17(21)19-15-9-12-6-7-13(15)8-12/h3-5,12-13,15H,6-10H2,1-2H3,(H,19,21)/t12-,13-,15+/m1/s1. The van der Waals surface area contributed by atoms with E-state index in [9.17, 15) is 13.2 Å². The van der Waals surface area contributed by atoms with Crippen LogP contribution >= 0.6 is 11.6 Å². The van der Waals surface area contributed by atoms with E-state index < -0.39 is 10.0 Å². The summed E-state index contributed by atoms with van der Waals surface area (Å²) in [6.45, 7) is 1.54. The van der Waals surface area contributed by atoms with Gasteiger partial charge in [0.15, 0.2) is 0 Å². The van der Waals surface area contributed by atoms with Gasteiger partial charge in [0.2, 0.25) is 15.9 Å². The lowest BCUT2D eigenvalue weighted by atomic mass is 9.95. The molecule has 1 aromatic rings. The summed E-state index contributed by atoms with van der Waals surface area (Å²) in [4.78, 5) is 12.5. The number of rotatable bonds is 5. The Hall–Kier alpha value is -1.27. The molecular formula is C17H23ClN2O3S. The summed E-state index contributed by atoms with van der Waals surface area (Å²) < 4.78 is 25.5. The van der Waals surface area contributed by atoms with E-state index in [1.807, 2.05) is 0 Å². The molecule has 5 nitrogen and oxygen atoms in total. The molecule has 3 rings (SSSR count). The van der Waals surface area contributed by atoms with Crippen LogP contribution in [0.1, 0.15) is 31.2 Å². The lowest BCUT2D eigenvalue weighted by Gasteiger charge is -2.27. The maximum Gasteiger partial charge on any atom is 0.241 e. The van der Waals surface area contributed by atoms with Crippen LogP contribution in [0.2, 0.25) is 5.02 Å². The van der Waals surface area contributed by atoms with Crippen molar-refractivity contribution in [3.8, 4) is 0 Å². The van der Waals surface area contributed by atoms with E-state index in [4.69, 9.17) is 11.6 Å². The van der Waals surface area contributed by atoms with Crippen molar-refractivity contribution in [1.29, 1.82) is 0 Å². The van der Waals surface area contributed by atoms with Gasteiger partial charge in [-0.2, -0.15) is 0 Å². The molecule has 0 saturated heterocycles. The Morgan fingerprint density at radius 3 is 2.67 bits per heavy atom. The van der Waals surface area contributed by atoms with Crippen molar-refractivity contribution in [2.45, 2.75) is 38.6 Å². The topological polar surface area (TPSA) is 66.5 Å². The molecule has 0 aliphatic heterocycles. The molecule has 2 bridgehead atoms. The number of sulfonamides is 1. The van der Waals surface area contributed by atoms with Gasteiger partial charge in [0.25, 0.3) is 0 Å². The summed E-state index contributed by atoms with van der Waals surface area (Å²) in [7, 11) is -3.58. The predicted octanol–water partition coefficient (Wildman–Crippen LogP) is 2.72. The van der Waals surface area contributed by atoms with Gasteiger partial charge in [-0.1, -0.05) is 24.1 Å². The van der Waals surface area contributed by atoms with Crippen molar-refractivity contribution in [2.75, 3.05) is 17.1 Å². The molecule has 1 N–H and O–H groups in total. The highest BCUT2D eigenvalue weighted by atomic mass is 35.5. The van der Waals surface area contributed by atoms with Crippen LogP contribution in [0.3, 0.4) is 0 Å². The number of nitrogens with one attached hydrogen (secondary N) is 1. The highest BCUT2D eigenvalue weighted by Gasteiger charge is 2.40. The first-order valence-electron chi connectivity index (χ1n) is 8.28. The van der Waals surface area contributed by atoms with E-state index in [2.05, 4.69) is 5.32 Å². The average Bonchev–Trinajstić information content (AvgIpc) is 3.09. The predicted molar refractivity (Wildman–Crippen MR) is 95.8 cm³/mol. The lowest BCUT2D eigenvalue weighted by molar-refractivity contribution is -0.120. The van der Waals surface area contributed by atoms with Gasteiger partial charge >= 0.3 is 0 Å². The van der Waals surface area contributed by atoms with Crippen LogP contribution in [-0.2, 0) is 14.8 Å². The fourth-order valence-electron chi connectivity index (χ4n) is 4.05. The molecule has 24 heavy (non-hydrogen) atoms. The number of carbonyl (C=O) groups excluding carboxylic acids is 1. The van der Waals surface area contributed by atoms with Crippen molar-refractivity contribution < 1.29 is 13.2 Å². The maximum atomic E-state index is 12.5. The molecule has 7 heteroatoms. The Labute approximate surface area is 148 Å². The Bertz CT molecular complexity index is 750. The zero-order chi connectivity index (χ0) is 17.5. The number of carbonyl (C=O) groups is 1. The van der Waals surface area contributed by atoms with Gasteiger partial charge in [-0.15, -0.1) is 0 Å². The summed E-state index contributed by atoms with van der Waals surface area (Å²) in [5.41, 5.74) is 1.10. The molecule has 132 valence electrons. The molecule has 1 aromatic carbocycles. The first kappa shape index (κ1) is 17.5. The molecule has 2 fully saturated rings. The lowest BCUT2D eigenvalue weighted by Crippen LogP contribution is -2.45. The average molecular weight is 371 g/mol. The van der Waals surface area contributed by atoms with Gasteiger partial charge in [-0.3, -0.25) is 9.10 Å². The SMILES string of the molecule is Cc1c(Cl)cccc1N(CC(=O)N[C@H]1C[C@@H]2CC[C@@H]1C2)S(C)(=O)=O. The highest BCUT2D eigenvalue weighted by Crippen LogP contribution is 2.44. The van der Waals surface area contributed by atoms with Crippen LogP contribution < -0.4 is 9.62 Å². The van der Waals surface area contributed by atoms with E-state index in [1.54, 1.807) is 25.1 Å². The first-order valence-corrected chi connectivity index (χ1v) is 10.5. The van der Waals surface area contributed by atoms with Crippen LogP contribution in [0.25, 0.3) is 0 Å². The summed E-state index contributed by atoms with van der Waals surface area (Å²) in [6, 6.07) is 5.26. The van der Waals surface area contributed by atoms with Crippen molar-refractivity contribution in [2.24, 2.45) is 11.8 Å². The summed E-state index contributed by atoms with van der Waals surface area (Å²) in [5.74, 6) is 1.03. The van der Waals surface area contributed by atoms with Crippen molar-refractivity contribution >= 4 is 33.2 Å². The summed E-state index contributed by atoms with van der Waals surface area (Å²) in [6.07, 6.45) is 5.74. The largest absolute Gasteiger partial charge is 0.352 e. The van der Waals surface area contributed by atoms with E-state index in [1.165, 1.54) is 19.3 Å².